The molecule has 0 unspecified atom stereocenters. The van der Waals surface area contributed by atoms with E-state index in [1.165, 1.54) is 7.11 Å². The van der Waals surface area contributed by atoms with Gasteiger partial charge in [-0.1, -0.05) is 53.5 Å². The highest BCUT2D eigenvalue weighted by atomic mass is 35.5. The van der Waals surface area contributed by atoms with Gasteiger partial charge in [0.2, 0.25) is 0 Å². The Kier molecular flexibility index (Phi) is 6.74. The molecule has 8 heteroatoms. The quantitative estimate of drug-likeness (QED) is 0.358. The summed E-state index contributed by atoms with van der Waals surface area (Å²) in [7, 11) is 1.49. The van der Waals surface area contributed by atoms with Crippen LogP contribution in [0.5, 0.6) is 11.5 Å². The van der Waals surface area contributed by atoms with Gasteiger partial charge >= 0.3 is 0 Å². The maximum absolute atomic E-state index is 12.9. The van der Waals surface area contributed by atoms with Crippen molar-refractivity contribution < 1.29 is 19.1 Å². The van der Waals surface area contributed by atoms with Gasteiger partial charge in [-0.05, 0) is 65.4 Å². The molecular weight excluding hydrogens is 469 g/mol. The van der Waals surface area contributed by atoms with Gasteiger partial charge < -0.3 is 9.47 Å². The molecule has 0 N–H and O–H groups in total. The SMILES string of the molecule is COc1ccccc1N1C(=O)S/C(=C\c2ccc(OCc3ccc(Cl)cc3)c(Cl)c2)C1=O. The van der Waals surface area contributed by atoms with Crippen LogP contribution in [0.15, 0.2) is 71.6 Å². The Morgan fingerprint density at radius 2 is 1.72 bits per heavy atom. The number of ether oxygens (including phenoxy) is 2. The molecule has 0 saturated carbocycles. The molecule has 0 radical (unpaired) electrons. The largest absolute Gasteiger partial charge is 0.495 e. The number of rotatable bonds is 6. The van der Waals surface area contributed by atoms with E-state index in [0.29, 0.717) is 44.3 Å². The molecule has 1 aliphatic rings. The zero-order valence-corrected chi connectivity index (χ0v) is 19.2. The number of imide groups is 1. The van der Waals surface area contributed by atoms with Gasteiger partial charge in [0.25, 0.3) is 11.1 Å². The zero-order valence-electron chi connectivity index (χ0n) is 16.9. The molecule has 1 heterocycles. The van der Waals surface area contributed by atoms with E-state index in [4.69, 9.17) is 32.7 Å². The van der Waals surface area contributed by atoms with Crippen LogP contribution in [0.1, 0.15) is 11.1 Å². The fraction of sp³-hybridized carbons (Fsp3) is 0.0833. The summed E-state index contributed by atoms with van der Waals surface area (Å²) in [5, 5.41) is 0.669. The van der Waals surface area contributed by atoms with Crippen LogP contribution in [0, 0.1) is 0 Å². The third kappa shape index (κ3) is 4.78. The summed E-state index contributed by atoms with van der Waals surface area (Å²) >= 11 is 13.1. The molecule has 3 aromatic rings. The number of halogens is 2. The van der Waals surface area contributed by atoms with E-state index in [2.05, 4.69) is 0 Å². The molecule has 2 amide bonds. The highest BCUT2D eigenvalue weighted by Gasteiger charge is 2.37. The van der Waals surface area contributed by atoms with Crippen molar-refractivity contribution in [3.63, 3.8) is 0 Å². The summed E-state index contributed by atoms with van der Waals surface area (Å²) in [6.07, 6.45) is 1.63. The third-order valence-electron chi connectivity index (χ3n) is 4.68. The number of benzene rings is 3. The van der Waals surface area contributed by atoms with Crippen LogP contribution in [0.3, 0.4) is 0 Å². The topological polar surface area (TPSA) is 55.8 Å². The number of hydrogen-bond acceptors (Lipinski definition) is 5. The molecular formula is C24H17Cl2NO4S. The van der Waals surface area contributed by atoms with Crippen molar-refractivity contribution in [2.24, 2.45) is 0 Å². The van der Waals surface area contributed by atoms with Crippen LogP contribution in [-0.4, -0.2) is 18.3 Å². The average molecular weight is 486 g/mol. The Labute approximate surface area is 199 Å². The molecule has 0 aliphatic carbocycles. The van der Waals surface area contributed by atoms with Gasteiger partial charge in [0.15, 0.2) is 0 Å². The third-order valence-corrected chi connectivity index (χ3v) is 6.10. The fourth-order valence-corrected chi connectivity index (χ4v) is 4.31. The number of nitrogens with zero attached hydrogens (tertiary/aromatic N) is 1. The minimum atomic E-state index is -0.413. The Balaban J connectivity index is 1.51. The van der Waals surface area contributed by atoms with E-state index < -0.39 is 5.91 Å². The molecule has 4 rings (SSSR count). The van der Waals surface area contributed by atoms with E-state index in [-0.39, 0.29) is 5.24 Å². The smallest absolute Gasteiger partial charge is 0.298 e. The second-order valence-corrected chi connectivity index (χ2v) is 8.63. The predicted octanol–water partition coefficient (Wildman–Crippen LogP) is 6.82. The normalized spacial score (nSPS) is 14.8. The fourth-order valence-electron chi connectivity index (χ4n) is 3.11. The molecule has 0 atom stereocenters. The number of anilines is 1. The highest BCUT2D eigenvalue weighted by molar-refractivity contribution is 8.19. The van der Waals surface area contributed by atoms with Crippen molar-refractivity contribution in [3.05, 3.63) is 92.8 Å². The molecule has 1 aliphatic heterocycles. The van der Waals surface area contributed by atoms with Gasteiger partial charge in [0, 0.05) is 5.02 Å². The van der Waals surface area contributed by atoms with Gasteiger partial charge in [0.05, 0.1) is 22.7 Å². The number of thioether (sulfide) groups is 1. The average Bonchev–Trinajstić information content (AvgIpc) is 3.07. The molecule has 5 nitrogen and oxygen atoms in total. The van der Waals surface area contributed by atoms with E-state index >= 15 is 0 Å². The standard InChI is InChI=1S/C24H17Cl2NO4S/c1-30-21-5-3-2-4-19(21)27-23(28)22(32-24(27)29)13-16-8-11-20(18(26)12-16)31-14-15-6-9-17(25)10-7-15/h2-13H,14H2,1H3/b22-13-. The number of carbonyl (C=O) groups is 2. The number of methoxy groups -OCH3 is 1. The van der Waals surface area contributed by atoms with Crippen molar-refractivity contribution in [1.29, 1.82) is 0 Å². The first-order chi connectivity index (χ1) is 15.5. The molecule has 0 aromatic heterocycles. The van der Waals surface area contributed by atoms with Gasteiger partial charge in [-0.15, -0.1) is 0 Å². The lowest BCUT2D eigenvalue weighted by Gasteiger charge is -2.15. The molecule has 1 saturated heterocycles. The van der Waals surface area contributed by atoms with Crippen LogP contribution in [0.2, 0.25) is 10.0 Å². The Morgan fingerprint density at radius 3 is 2.44 bits per heavy atom. The Morgan fingerprint density at radius 1 is 0.969 bits per heavy atom. The van der Waals surface area contributed by atoms with Gasteiger partial charge in [-0.25, -0.2) is 4.90 Å². The summed E-state index contributed by atoms with van der Waals surface area (Å²) < 4.78 is 11.1. The molecule has 0 spiro atoms. The molecule has 0 bridgehead atoms. The zero-order chi connectivity index (χ0) is 22.7. The van der Waals surface area contributed by atoms with Crippen LogP contribution < -0.4 is 14.4 Å². The van der Waals surface area contributed by atoms with Gasteiger partial charge in [0.1, 0.15) is 18.1 Å². The van der Waals surface area contributed by atoms with Crippen molar-refractivity contribution in [3.8, 4) is 11.5 Å². The first-order valence-electron chi connectivity index (χ1n) is 9.54. The van der Waals surface area contributed by atoms with Crippen LogP contribution in [-0.2, 0) is 11.4 Å². The van der Waals surface area contributed by atoms with Crippen LogP contribution in [0.4, 0.5) is 10.5 Å². The second kappa shape index (κ2) is 9.69. The first-order valence-corrected chi connectivity index (χ1v) is 11.1. The maximum atomic E-state index is 12.9. The summed E-state index contributed by atoms with van der Waals surface area (Å²) in [5.74, 6) is 0.547. The van der Waals surface area contributed by atoms with Crippen molar-refractivity contribution >= 4 is 57.9 Å². The lowest BCUT2D eigenvalue weighted by molar-refractivity contribution is -0.113. The Bertz CT molecular complexity index is 1210. The second-order valence-electron chi connectivity index (χ2n) is 6.79. The molecule has 1 fully saturated rings. The number of carbonyl (C=O) groups excluding carboxylic acids is 2. The van der Waals surface area contributed by atoms with E-state index in [1.54, 1.807) is 60.7 Å². The van der Waals surface area contributed by atoms with Crippen molar-refractivity contribution in [2.45, 2.75) is 6.61 Å². The highest BCUT2D eigenvalue weighted by Crippen LogP contribution is 2.40. The van der Waals surface area contributed by atoms with Gasteiger partial charge in [-0.3, -0.25) is 9.59 Å². The number of hydrogen-bond donors (Lipinski definition) is 0. The summed E-state index contributed by atoms with van der Waals surface area (Å²) in [6.45, 7) is 0.341. The van der Waals surface area contributed by atoms with Crippen LogP contribution >= 0.6 is 35.0 Å². The number of amides is 2. The van der Waals surface area contributed by atoms with Crippen molar-refractivity contribution in [1.82, 2.24) is 0 Å². The molecule has 162 valence electrons. The summed E-state index contributed by atoms with van der Waals surface area (Å²) in [5.41, 5.74) is 2.05. The van der Waals surface area contributed by atoms with E-state index in [0.717, 1.165) is 22.2 Å². The Hall–Kier alpha value is -2.93. The first kappa shape index (κ1) is 22.3. The van der Waals surface area contributed by atoms with Crippen molar-refractivity contribution in [2.75, 3.05) is 12.0 Å². The minimum absolute atomic E-state index is 0.298. The molecule has 3 aromatic carbocycles. The predicted molar refractivity (Wildman–Crippen MR) is 129 cm³/mol. The lowest BCUT2D eigenvalue weighted by Crippen LogP contribution is -2.28. The van der Waals surface area contributed by atoms with Gasteiger partial charge in [-0.2, -0.15) is 0 Å². The van der Waals surface area contributed by atoms with E-state index in [9.17, 15) is 9.59 Å². The monoisotopic (exact) mass is 485 g/mol. The van der Waals surface area contributed by atoms with Crippen LogP contribution in [0.25, 0.3) is 6.08 Å². The maximum Gasteiger partial charge on any atom is 0.298 e. The molecule has 32 heavy (non-hydrogen) atoms. The number of para-hydroxylation sites is 2. The summed E-state index contributed by atoms with van der Waals surface area (Å²) in [4.78, 5) is 26.9. The lowest BCUT2D eigenvalue weighted by atomic mass is 10.2. The summed E-state index contributed by atoms with van der Waals surface area (Å²) in [6, 6.07) is 19.4. The van der Waals surface area contributed by atoms with E-state index in [1.807, 2.05) is 12.1 Å². The minimum Gasteiger partial charge on any atom is -0.495 e.